The number of halogens is 1. The van der Waals surface area contributed by atoms with E-state index in [1.807, 2.05) is 0 Å². The van der Waals surface area contributed by atoms with Crippen molar-refractivity contribution in [2.45, 2.75) is 0 Å². The van der Waals surface area contributed by atoms with E-state index in [0.29, 0.717) is 29.6 Å². The summed E-state index contributed by atoms with van der Waals surface area (Å²) in [6.07, 6.45) is 1.62. The summed E-state index contributed by atoms with van der Waals surface area (Å²) in [7, 11) is 1.64. The number of carbonyl (C=O) groups is 1. The standard InChI is InChI=1S/C15H16ClN3O2/c1-21-9-8-17-13-6-7-14(18-10-13)15(20)19-12-4-2-11(16)3-5-12/h2-7,10,17H,8-9H2,1H3,(H,19,20). The quantitative estimate of drug-likeness (QED) is 0.805. The Morgan fingerprint density at radius 1 is 1.19 bits per heavy atom. The molecular formula is C15H16ClN3O2. The van der Waals surface area contributed by atoms with Crippen molar-refractivity contribution >= 4 is 28.9 Å². The van der Waals surface area contributed by atoms with Gasteiger partial charge in [-0.15, -0.1) is 0 Å². The normalized spacial score (nSPS) is 10.2. The molecule has 0 saturated heterocycles. The molecule has 2 aromatic rings. The Bertz CT molecular complexity index is 585. The van der Waals surface area contributed by atoms with Crippen molar-refractivity contribution in [1.82, 2.24) is 4.98 Å². The van der Waals surface area contributed by atoms with Gasteiger partial charge < -0.3 is 15.4 Å². The summed E-state index contributed by atoms with van der Waals surface area (Å²) in [5, 5.41) is 6.51. The van der Waals surface area contributed by atoms with Crippen LogP contribution in [0, 0.1) is 0 Å². The maximum Gasteiger partial charge on any atom is 0.274 e. The van der Waals surface area contributed by atoms with Crippen LogP contribution in [-0.2, 0) is 4.74 Å². The minimum atomic E-state index is -0.263. The molecule has 2 rings (SSSR count). The van der Waals surface area contributed by atoms with Gasteiger partial charge in [0, 0.05) is 24.4 Å². The zero-order valence-corrected chi connectivity index (χ0v) is 12.4. The Kier molecular flexibility index (Phi) is 5.54. The van der Waals surface area contributed by atoms with Crippen LogP contribution in [0.3, 0.4) is 0 Å². The molecule has 0 radical (unpaired) electrons. The highest BCUT2D eigenvalue weighted by Crippen LogP contribution is 2.14. The Balaban J connectivity index is 1.94. The van der Waals surface area contributed by atoms with Crippen LogP contribution in [0.4, 0.5) is 11.4 Å². The zero-order valence-electron chi connectivity index (χ0n) is 11.6. The number of ether oxygens (including phenoxy) is 1. The van der Waals surface area contributed by atoms with Gasteiger partial charge in [0.25, 0.3) is 5.91 Å². The van der Waals surface area contributed by atoms with E-state index in [1.165, 1.54) is 0 Å². The van der Waals surface area contributed by atoms with E-state index in [9.17, 15) is 4.79 Å². The molecule has 0 spiro atoms. The van der Waals surface area contributed by atoms with Crippen molar-refractivity contribution in [3.8, 4) is 0 Å². The summed E-state index contributed by atoms with van der Waals surface area (Å²) in [5.41, 5.74) is 1.87. The highest BCUT2D eigenvalue weighted by Gasteiger charge is 2.07. The van der Waals surface area contributed by atoms with Gasteiger partial charge in [0.05, 0.1) is 18.5 Å². The Labute approximate surface area is 128 Å². The van der Waals surface area contributed by atoms with Gasteiger partial charge in [-0.05, 0) is 36.4 Å². The van der Waals surface area contributed by atoms with Crippen LogP contribution < -0.4 is 10.6 Å². The van der Waals surface area contributed by atoms with Crippen LogP contribution >= 0.6 is 11.6 Å². The van der Waals surface area contributed by atoms with Crippen LogP contribution in [0.5, 0.6) is 0 Å². The van der Waals surface area contributed by atoms with Crippen molar-refractivity contribution in [2.24, 2.45) is 0 Å². The lowest BCUT2D eigenvalue weighted by Crippen LogP contribution is -2.14. The molecule has 110 valence electrons. The lowest BCUT2D eigenvalue weighted by molar-refractivity contribution is 0.102. The maximum atomic E-state index is 12.0. The van der Waals surface area contributed by atoms with Crippen molar-refractivity contribution in [3.63, 3.8) is 0 Å². The second kappa shape index (κ2) is 7.61. The third-order valence-corrected chi connectivity index (χ3v) is 2.99. The van der Waals surface area contributed by atoms with Gasteiger partial charge in [0.1, 0.15) is 5.69 Å². The fourth-order valence-corrected chi connectivity index (χ4v) is 1.78. The van der Waals surface area contributed by atoms with Crippen LogP contribution in [0.1, 0.15) is 10.5 Å². The van der Waals surface area contributed by atoms with Crippen LogP contribution in [0.2, 0.25) is 5.02 Å². The Hall–Kier alpha value is -2.11. The largest absolute Gasteiger partial charge is 0.383 e. The molecule has 0 saturated carbocycles. The summed E-state index contributed by atoms with van der Waals surface area (Å²) in [4.78, 5) is 16.2. The maximum absolute atomic E-state index is 12.0. The zero-order chi connectivity index (χ0) is 15.1. The molecule has 21 heavy (non-hydrogen) atoms. The van der Waals surface area contributed by atoms with Crippen LogP contribution in [-0.4, -0.2) is 31.2 Å². The average Bonchev–Trinajstić information content (AvgIpc) is 2.50. The third-order valence-electron chi connectivity index (χ3n) is 2.73. The van der Waals surface area contributed by atoms with Gasteiger partial charge in [-0.2, -0.15) is 0 Å². The fourth-order valence-electron chi connectivity index (χ4n) is 1.66. The van der Waals surface area contributed by atoms with Crippen molar-refractivity contribution < 1.29 is 9.53 Å². The first-order valence-corrected chi connectivity index (χ1v) is 6.82. The SMILES string of the molecule is COCCNc1ccc(C(=O)Nc2ccc(Cl)cc2)nc1. The topological polar surface area (TPSA) is 63.2 Å². The Morgan fingerprint density at radius 2 is 1.90 bits per heavy atom. The van der Waals surface area contributed by atoms with E-state index in [1.54, 1.807) is 49.7 Å². The van der Waals surface area contributed by atoms with E-state index in [2.05, 4.69) is 15.6 Å². The molecule has 0 bridgehead atoms. The van der Waals surface area contributed by atoms with E-state index >= 15 is 0 Å². The van der Waals surface area contributed by atoms with E-state index in [4.69, 9.17) is 16.3 Å². The summed E-state index contributed by atoms with van der Waals surface area (Å²) in [6, 6.07) is 10.4. The monoisotopic (exact) mass is 305 g/mol. The number of amides is 1. The molecule has 0 fully saturated rings. The number of hydrogen-bond acceptors (Lipinski definition) is 4. The molecule has 0 aliphatic heterocycles. The number of aromatic nitrogens is 1. The van der Waals surface area contributed by atoms with E-state index < -0.39 is 0 Å². The number of carbonyl (C=O) groups excluding carboxylic acids is 1. The molecule has 0 atom stereocenters. The second-order valence-electron chi connectivity index (χ2n) is 4.31. The molecular weight excluding hydrogens is 290 g/mol. The number of benzene rings is 1. The smallest absolute Gasteiger partial charge is 0.274 e. The summed E-state index contributed by atoms with van der Waals surface area (Å²) >= 11 is 5.79. The molecule has 1 aromatic carbocycles. The molecule has 2 N–H and O–H groups in total. The van der Waals surface area contributed by atoms with Gasteiger partial charge in [0.15, 0.2) is 0 Å². The van der Waals surface area contributed by atoms with Gasteiger partial charge in [-0.1, -0.05) is 11.6 Å². The third kappa shape index (κ3) is 4.73. The van der Waals surface area contributed by atoms with Gasteiger partial charge in [-0.25, -0.2) is 4.98 Å². The number of nitrogens with one attached hydrogen (secondary N) is 2. The van der Waals surface area contributed by atoms with Crippen LogP contribution in [0.15, 0.2) is 42.6 Å². The van der Waals surface area contributed by atoms with E-state index in [-0.39, 0.29) is 5.91 Å². The molecule has 1 amide bonds. The minimum absolute atomic E-state index is 0.263. The molecule has 5 nitrogen and oxygen atoms in total. The second-order valence-corrected chi connectivity index (χ2v) is 4.75. The molecule has 0 aliphatic carbocycles. The highest BCUT2D eigenvalue weighted by molar-refractivity contribution is 6.30. The highest BCUT2D eigenvalue weighted by atomic mass is 35.5. The van der Waals surface area contributed by atoms with Crippen molar-refractivity contribution in [3.05, 3.63) is 53.3 Å². The summed E-state index contributed by atoms with van der Waals surface area (Å²) < 4.78 is 4.94. The van der Waals surface area contributed by atoms with E-state index in [0.717, 1.165) is 5.69 Å². The van der Waals surface area contributed by atoms with Gasteiger partial charge in [0.2, 0.25) is 0 Å². The average molecular weight is 306 g/mol. The molecule has 0 unspecified atom stereocenters. The molecule has 6 heteroatoms. The number of anilines is 2. The van der Waals surface area contributed by atoms with Crippen molar-refractivity contribution in [2.75, 3.05) is 30.9 Å². The van der Waals surface area contributed by atoms with Crippen LogP contribution in [0.25, 0.3) is 0 Å². The summed E-state index contributed by atoms with van der Waals surface area (Å²) in [6.45, 7) is 1.30. The lowest BCUT2D eigenvalue weighted by Gasteiger charge is -2.07. The number of hydrogen-bond donors (Lipinski definition) is 2. The number of rotatable bonds is 6. The lowest BCUT2D eigenvalue weighted by atomic mass is 10.3. The molecule has 1 aromatic heterocycles. The number of pyridine rings is 1. The first-order chi connectivity index (χ1) is 10.2. The predicted molar refractivity (Wildman–Crippen MR) is 84.0 cm³/mol. The summed E-state index contributed by atoms with van der Waals surface area (Å²) in [5.74, 6) is -0.263. The fraction of sp³-hybridized carbons (Fsp3) is 0.200. The van der Waals surface area contributed by atoms with Gasteiger partial charge >= 0.3 is 0 Å². The Morgan fingerprint density at radius 3 is 2.52 bits per heavy atom. The van der Waals surface area contributed by atoms with Gasteiger partial charge in [-0.3, -0.25) is 4.79 Å². The number of nitrogens with zero attached hydrogens (tertiary/aromatic N) is 1. The first-order valence-electron chi connectivity index (χ1n) is 6.45. The predicted octanol–water partition coefficient (Wildman–Crippen LogP) is 3.05. The number of methoxy groups -OCH3 is 1. The molecule has 0 aliphatic rings. The molecule has 1 heterocycles. The minimum Gasteiger partial charge on any atom is -0.383 e. The first kappa shape index (κ1) is 15.3. The van der Waals surface area contributed by atoms with Crippen molar-refractivity contribution in [1.29, 1.82) is 0 Å².